The molecule has 1 aliphatic rings. The molecular formula is C25H29N5O4S. The largest absolute Gasteiger partial charge is 0.324 e. The Morgan fingerprint density at radius 3 is 2.37 bits per heavy atom. The van der Waals surface area contributed by atoms with E-state index in [2.05, 4.69) is 15.7 Å². The number of hydrogen-bond donors (Lipinski definition) is 2. The van der Waals surface area contributed by atoms with E-state index in [1.165, 1.54) is 10.4 Å². The molecule has 0 spiro atoms. The average molecular weight is 496 g/mol. The van der Waals surface area contributed by atoms with Gasteiger partial charge in [-0.2, -0.15) is 9.40 Å². The molecule has 0 aliphatic carbocycles. The Morgan fingerprint density at radius 2 is 1.69 bits per heavy atom. The number of piperidine rings is 1. The average Bonchev–Trinajstić information content (AvgIpc) is 3.39. The number of amides is 2. The van der Waals surface area contributed by atoms with E-state index in [9.17, 15) is 18.0 Å². The van der Waals surface area contributed by atoms with Crippen LogP contribution in [0.15, 0.2) is 65.8 Å². The molecule has 3 aromatic rings. The lowest BCUT2D eigenvalue weighted by molar-refractivity contribution is -0.119. The van der Waals surface area contributed by atoms with Crippen LogP contribution in [-0.2, 0) is 14.8 Å². The van der Waals surface area contributed by atoms with Gasteiger partial charge < -0.3 is 10.6 Å². The maximum atomic E-state index is 13.1. The third kappa shape index (κ3) is 5.60. The van der Waals surface area contributed by atoms with Gasteiger partial charge in [0.05, 0.1) is 4.90 Å². The van der Waals surface area contributed by atoms with Gasteiger partial charge in [-0.1, -0.05) is 18.6 Å². The van der Waals surface area contributed by atoms with Crippen LogP contribution >= 0.6 is 0 Å². The number of benzene rings is 2. The fraction of sp³-hybridized carbons (Fsp3) is 0.320. The Labute approximate surface area is 205 Å². The van der Waals surface area contributed by atoms with Gasteiger partial charge in [-0.15, -0.1) is 0 Å². The van der Waals surface area contributed by atoms with Crippen molar-refractivity contribution in [3.8, 4) is 0 Å². The van der Waals surface area contributed by atoms with Crippen molar-refractivity contribution in [3.63, 3.8) is 0 Å². The molecule has 2 N–H and O–H groups in total. The molecule has 9 nitrogen and oxygen atoms in total. The molecule has 4 rings (SSSR count). The Morgan fingerprint density at radius 1 is 0.971 bits per heavy atom. The minimum Gasteiger partial charge on any atom is -0.324 e. The summed E-state index contributed by atoms with van der Waals surface area (Å²) in [6, 6.07) is 12.7. The first-order chi connectivity index (χ1) is 16.8. The first-order valence-corrected chi connectivity index (χ1v) is 13.0. The molecule has 1 aromatic heterocycles. The van der Waals surface area contributed by atoms with Crippen LogP contribution in [0, 0.1) is 6.92 Å². The molecule has 1 aliphatic heterocycles. The van der Waals surface area contributed by atoms with Gasteiger partial charge in [0.15, 0.2) is 0 Å². The summed E-state index contributed by atoms with van der Waals surface area (Å²) in [5.41, 5.74) is 1.94. The van der Waals surface area contributed by atoms with E-state index >= 15 is 0 Å². The van der Waals surface area contributed by atoms with Crippen molar-refractivity contribution in [2.45, 2.75) is 44.0 Å². The molecule has 1 unspecified atom stereocenters. The Kier molecular flexibility index (Phi) is 7.32. The number of anilines is 2. The first-order valence-electron chi connectivity index (χ1n) is 11.6. The number of nitrogens with one attached hydrogen (secondary N) is 2. The number of rotatable bonds is 7. The Bertz CT molecular complexity index is 1320. The van der Waals surface area contributed by atoms with E-state index in [1.54, 1.807) is 73.4 Å². The fourth-order valence-corrected chi connectivity index (χ4v) is 5.55. The van der Waals surface area contributed by atoms with Crippen molar-refractivity contribution in [1.29, 1.82) is 0 Å². The SMILES string of the molecule is Cc1ccc(S(=O)(=O)N2CCCCC2)cc1C(=O)Nc1cccc(NC(=O)C(C)n2cccn2)c1. The standard InChI is InChI=1S/C25H29N5O4S/c1-18-10-11-22(35(33,34)29-13-4-3-5-14-29)17-23(18)25(32)28-21-9-6-8-20(16-21)27-24(31)19(2)30-15-7-12-26-30/h6-12,15-17,19H,3-5,13-14H2,1-2H3,(H,27,31)(H,28,32). The Hall–Kier alpha value is -3.50. The van der Waals surface area contributed by atoms with Gasteiger partial charge in [0.1, 0.15) is 6.04 Å². The van der Waals surface area contributed by atoms with Gasteiger partial charge in [0.25, 0.3) is 5.91 Å². The monoisotopic (exact) mass is 495 g/mol. The second kappa shape index (κ2) is 10.4. The van der Waals surface area contributed by atoms with Crippen molar-refractivity contribution < 1.29 is 18.0 Å². The highest BCUT2D eigenvalue weighted by atomic mass is 32.2. The summed E-state index contributed by atoms with van der Waals surface area (Å²) in [4.78, 5) is 25.7. The number of carbonyl (C=O) groups excluding carboxylic acids is 2. The molecule has 10 heteroatoms. The van der Waals surface area contributed by atoms with Crippen LogP contribution in [0.1, 0.15) is 48.1 Å². The predicted molar refractivity (Wildman–Crippen MR) is 134 cm³/mol. The van der Waals surface area contributed by atoms with Crippen LogP contribution < -0.4 is 10.6 Å². The quantitative estimate of drug-likeness (QED) is 0.517. The maximum Gasteiger partial charge on any atom is 0.255 e. The molecule has 2 heterocycles. The van der Waals surface area contributed by atoms with Crippen LogP contribution in [0.25, 0.3) is 0 Å². The summed E-state index contributed by atoms with van der Waals surface area (Å²) in [6.45, 7) is 4.49. The van der Waals surface area contributed by atoms with Crippen molar-refractivity contribution in [1.82, 2.24) is 14.1 Å². The molecule has 1 fully saturated rings. The highest BCUT2D eigenvalue weighted by Crippen LogP contribution is 2.24. The van der Waals surface area contributed by atoms with Crippen LogP contribution in [-0.4, -0.2) is 47.4 Å². The molecule has 2 aromatic carbocycles. The fourth-order valence-electron chi connectivity index (χ4n) is 4.01. The third-order valence-corrected chi connectivity index (χ3v) is 7.99. The molecule has 2 amide bonds. The Balaban J connectivity index is 1.49. The van der Waals surface area contributed by atoms with Gasteiger partial charge in [-0.05, 0) is 68.7 Å². The second-order valence-electron chi connectivity index (χ2n) is 8.63. The van der Waals surface area contributed by atoms with E-state index in [0.717, 1.165) is 19.3 Å². The number of carbonyl (C=O) groups is 2. The summed E-state index contributed by atoms with van der Waals surface area (Å²) in [5, 5.41) is 9.72. The van der Waals surface area contributed by atoms with Crippen molar-refractivity contribution in [3.05, 3.63) is 72.1 Å². The summed E-state index contributed by atoms with van der Waals surface area (Å²) < 4.78 is 29.2. The van der Waals surface area contributed by atoms with Crippen molar-refractivity contribution >= 4 is 33.2 Å². The lowest BCUT2D eigenvalue weighted by Crippen LogP contribution is -2.35. The number of aryl methyl sites for hydroxylation is 1. The molecule has 0 radical (unpaired) electrons. The molecular weight excluding hydrogens is 466 g/mol. The number of sulfonamides is 1. The van der Waals surface area contributed by atoms with E-state index < -0.39 is 22.0 Å². The molecule has 1 atom stereocenters. The maximum absolute atomic E-state index is 13.1. The van der Waals surface area contributed by atoms with Gasteiger partial charge in [0, 0.05) is 42.4 Å². The number of nitrogens with zero attached hydrogens (tertiary/aromatic N) is 3. The first kappa shape index (κ1) is 24.6. The molecule has 0 saturated carbocycles. The molecule has 0 bridgehead atoms. The summed E-state index contributed by atoms with van der Waals surface area (Å²) in [6.07, 6.45) is 6.02. The minimum atomic E-state index is -3.66. The highest BCUT2D eigenvalue weighted by Gasteiger charge is 2.27. The van der Waals surface area contributed by atoms with Crippen LogP contribution in [0.5, 0.6) is 0 Å². The van der Waals surface area contributed by atoms with E-state index in [-0.39, 0.29) is 16.4 Å². The van der Waals surface area contributed by atoms with E-state index in [4.69, 9.17) is 0 Å². The normalized spacial score (nSPS) is 15.4. The summed E-state index contributed by atoms with van der Waals surface area (Å²) in [7, 11) is -3.66. The minimum absolute atomic E-state index is 0.115. The van der Waals surface area contributed by atoms with E-state index in [1.807, 2.05) is 0 Å². The molecule has 184 valence electrons. The van der Waals surface area contributed by atoms with Crippen LogP contribution in [0.4, 0.5) is 11.4 Å². The molecule has 35 heavy (non-hydrogen) atoms. The summed E-state index contributed by atoms with van der Waals surface area (Å²) in [5.74, 6) is -0.671. The highest BCUT2D eigenvalue weighted by molar-refractivity contribution is 7.89. The van der Waals surface area contributed by atoms with Gasteiger partial charge >= 0.3 is 0 Å². The predicted octanol–water partition coefficient (Wildman–Crippen LogP) is 3.82. The van der Waals surface area contributed by atoms with Gasteiger partial charge in [-0.25, -0.2) is 8.42 Å². The number of aromatic nitrogens is 2. The van der Waals surface area contributed by atoms with Crippen LogP contribution in [0.2, 0.25) is 0 Å². The topological polar surface area (TPSA) is 113 Å². The lowest BCUT2D eigenvalue weighted by atomic mass is 10.1. The van der Waals surface area contributed by atoms with Gasteiger partial charge in [0.2, 0.25) is 15.9 Å². The smallest absolute Gasteiger partial charge is 0.255 e. The zero-order valence-electron chi connectivity index (χ0n) is 19.8. The molecule has 1 saturated heterocycles. The summed E-state index contributed by atoms with van der Waals surface area (Å²) >= 11 is 0. The lowest BCUT2D eigenvalue weighted by Gasteiger charge is -2.26. The zero-order chi connectivity index (χ0) is 25.0. The number of hydrogen-bond acceptors (Lipinski definition) is 5. The second-order valence-corrected chi connectivity index (χ2v) is 10.6. The third-order valence-electron chi connectivity index (χ3n) is 6.10. The zero-order valence-corrected chi connectivity index (χ0v) is 20.6. The van der Waals surface area contributed by atoms with Crippen LogP contribution in [0.3, 0.4) is 0 Å². The van der Waals surface area contributed by atoms with Gasteiger partial charge in [-0.3, -0.25) is 14.3 Å². The van der Waals surface area contributed by atoms with E-state index in [0.29, 0.717) is 30.0 Å². The van der Waals surface area contributed by atoms with Crippen molar-refractivity contribution in [2.75, 3.05) is 23.7 Å². The van der Waals surface area contributed by atoms with Crippen molar-refractivity contribution in [2.24, 2.45) is 0 Å².